The number of aromatic nitrogens is 5. The fraction of sp³-hybridized carbons (Fsp3) is 0.278. The molecule has 0 radical (unpaired) electrons. The molecular weight excluding hydrogens is 360 g/mol. The molecule has 0 spiro atoms. The van der Waals surface area contributed by atoms with Crippen LogP contribution in [0.15, 0.2) is 36.9 Å². The smallest absolute Gasteiger partial charge is 0.276 e. The minimum atomic E-state index is -0.485. The minimum absolute atomic E-state index is 0.210. The van der Waals surface area contributed by atoms with E-state index in [0.717, 1.165) is 24.2 Å². The topological polar surface area (TPSA) is 130 Å². The SMILES string of the molecule is CC(C(=O)Nc1ccc(NC(=O)c2n[nH]c3c2CNCC3)cc1)n1cncn1. The van der Waals surface area contributed by atoms with Gasteiger partial charge in [0.05, 0.1) is 0 Å². The number of anilines is 2. The molecule has 3 heterocycles. The largest absolute Gasteiger partial charge is 0.324 e. The third kappa shape index (κ3) is 3.62. The van der Waals surface area contributed by atoms with Crippen molar-refractivity contribution in [1.82, 2.24) is 30.3 Å². The lowest BCUT2D eigenvalue weighted by molar-refractivity contribution is -0.119. The van der Waals surface area contributed by atoms with Gasteiger partial charge in [0.15, 0.2) is 5.69 Å². The maximum atomic E-state index is 12.5. The summed E-state index contributed by atoms with van der Waals surface area (Å²) >= 11 is 0. The van der Waals surface area contributed by atoms with Gasteiger partial charge in [-0.25, -0.2) is 9.67 Å². The number of amides is 2. The third-order valence-electron chi connectivity index (χ3n) is 4.64. The van der Waals surface area contributed by atoms with Crippen molar-refractivity contribution in [2.75, 3.05) is 17.2 Å². The molecule has 0 saturated carbocycles. The number of hydrogen-bond donors (Lipinski definition) is 4. The van der Waals surface area contributed by atoms with Crippen molar-refractivity contribution in [2.24, 2.45) is 0 Å². The Kier molecular flexibility index (Phi) is 4.85. The van der Waals surface area contributed by atoms with E-state index < -0.39 is 6.04 Å². The van der Waals surface area contributed by atoms with E-state index in [-0.39, 0.29) is 11.8 Å². The summed E-state index contributed by atoms with van der Waals surface area (Å²) in [4.78, 5) is 28.6. The summed E-state index contributed by atoms with van der Waals surface area (Å²) in [5.74, 6) is -0.476. The molecule has 1 aliphatic heterocycles. The van der Waals surface area contributed by atoms with Gasteiger partial charge in [0.2, 0.25) is 5.91 Å². The van der Waals surface area contributed by atoms with Crippen LogP contribution in [0, 0.1) is 0 Å². The zero-order valence-electron chi connectivity index (χ0n) is 15.3. The van der Waals surface area contributed by atoms with Crippen LogP contribution in [0.1, 0.15) is 34.7 Å². The lowest BCUT2D eigenvalue weighted by Crippen LogP contribution is -2.25. The van der Waals surface area contributed by atoms with Gasteiger partial charge in [-0.2, -0.15) is 10.2 Å². The number of nitrogens with zero attached hydrogens (tertiary/aromatic N) is 4. The van der Waals surface area contributed by atoms with Crippen molar-refractivity contribution in [3.05, 3.63) is 53.9 Å². The van der Waals surface area contributed by atoms with E-state index >= 15 is 0 Å². The van der Waals surface area contributed by atoms with Gasteiger partial charge in [-0.1, -0.05) is 0 Å². The van der Waals surface area contributed by atoms with Crippen molar-refractivity contribution in [2.45, 2.75) is 25.9 Å². The molecule has 3 aromatic rings. The van der Waals surface area contributed by atoms with E-state index in [9.17, 15) is 9.59 Å². The van der Waals surface area contributed by atoms with Gasteiger partial charge in [0, 0.05) is 42.1 Å². The quantitative estimate of drug-likeness (QED) is 0.524. The van der Waals surface area contributed by atoms with Gasteiger partial charge in [-0.15, -0.1) is 0 Å². The number of carbonyl (C=O) groups excluding carboxylic acids is 2. The second kappa shape index (κ2) is 7.61. The van der Waals surface area contributed by atoms with Gasteiger partial charge >= 0.3 is 0 Å². The van der Waals surface area contributed by atoms with E-state index in [1.165, 1.54) is 17.3 Å². The van der Waals surface area contributed by atoms with Gasteiger partial charge in [-0.3, -0.25) is 14.7 Å². The standard InChI is InChI=1S/C18H20N8O2/c1-11(26-10-20-9-21-26)17(27)22-12-2-4-13(5-3-12)23-18(28)16-14-8-19-7-6-15(14)24-25-16/h2-5,9-11,19H,6-8H2,1H3,(H,22,27)(H,23,28)(H,24,25). The molecule has 0 bridgehead atoms. The Morgan fingerprint density at radius 1 is 1.18 bits per heavy atom. The lowest BCUT2D eigenvalue weighted by Gasteiger charge is -2.13. The maximum Gasteiger partial charge on any atom is 0.276 e. The second-order valence-corrected chi connectivity index (χ2v) is 6.53. The molecular formula is C18H20N8O2. The highest BCUT2D eigenvalue weighted by Gasteiger charge is 2.21. The summed E-state index contributed by atoms with van der Waals surface area (Å²) in [5.41, 5.74) is 3.56. The molecule has 0 saturated heterocycles. The normalized spacial score (nSPS) is 14.2. The Balaban J connectivity index is 1.39. The first kappa shape index (κ1) is 17.9. The molecule has 4 N–H and O–H groups in total. The van der Waals surface area contributed by atoms with E-state index in [1.54, 1.807) is 31.2 Å². The maximum absolute atomic E-state index is 12.5. The van der Waals surface area contributed by atoms with Gasteiger partial charge in [-0.05, 0) is 31.2 Å². The summed E-state index contributed by atoms with van der Waals surface area (Å²) in [6.07, 6.45) is 3.71. The zero-order valence-corrected chi connectivity index (χ0v) is 15.3. The lowest BCUT2D eigenvalue weighted by atomic mass is 10.1. The Hall–Kier alpha value is -3.53. The summed E-state index contributed by atoms with van der Waals surface area (Å²) in [7, 11) is 0. The molecule has 0 fully saturated rings. The van der Waals surface area contributed by atoms with Crippen LogP contribution >= 0.6 is 0 Å². The number of H-pyrrole nitrogens is 1. The van der Waals surface area contributed by atoms with Gasteiger partial charge in [0.25, 0.3) is 5.91 Å². The first-order valence-electron chi connectivity index (χ1n) is 8.95. The van der Waals surface area contributed by atoms with Crippen LogP contribution in [0.2, 0.25) is 0 Å². The summed E-state index contributed by atoms with van der Waals surface area (Å²) < 4.78 is 1.48. The van der Waals surface area contributed by atoms with Gasteiger partial charge < -0.3 is 16.0 Å². The number of benzene rings is 1. The third-order valence-corrected chi connectivity index (χ3v) is 4.64. The van der Waals surface area contributed by atoms with Crippen molar-refractivity contribution >= 4 is 23.2 Å². The highest BCUT2D eigenvalue weighted by Crippen LogP contribution is 2.19. The van der Waals surface area contributed by atoms with E-state index in [2.05, 4.69) is 36.2 Å². The molecule has 144 valence electrons. The molecule has 2 aromatic heterocycles. The second-order valence-electron chi connectivity index (χ2n) is 6.53. The first-order valence-corrected chi connectivity index (χ1v) is 8.95. The predicted molar refractivity (Wildman–Crippen MR) is 102 cm³/mol. The van der Waals surface area contributed by atoms with E-state index in [0.29, 0.717) is 23.6 Å². The number of fused-ring (bicyclic) bond motifs is 1. The van der Waals surface area contributed by atoms with Crippen LogP contribution < -0.4 is 16.0 Å². The zero-order chi connectivity index (χ0) is 19.5. The monoisotopic (exact) mass is 380 g/mol. The van der Waals surface area contributed by atoms with Crippen molar-refractivity contribution in [3.8, 4) is 0 Å². The number of hydrogen-bond acceptors (Lipinski definition) is 6. The van der Waals surface area contributed by atoms with E-state index in [4.69, 9.17) is 0 Å². The molecule has 2 amide bonds. The molecule has 4 rings (SSSR count). The average Bonchev–Trinajstić information content (AvgIpc) is 3.39. The molecule has 10 nitrogen and oxygen atoms in total. The number of carbonyl (C=O) groups is 2. The van der Waals surface area contributed by atoms with Crippen molar-refractivity contribution in [1.29, 1.82) is 0 Å². The van der Waals surface area contributed by atoms with Crippen molar-refractivity contribution < 1.29 is 9.59 Å². The first-order chi connectivity index (χ1) is 13.6. The minimum Gasteiger partial charge on any atom is -0.324 e. The molecule has 1 aliphatic rings. The summed E-state index contributed by atoms with van der Waals surface area (Å²) in [6.45, 7) is 3.24. The Morgan fingerprint density at radius 2 is 1.93 bits per heavy atom. The highest BCUT2D eigenvalue weighted by molar-refractivity contribution is 6.04. The number of nitrogens with one attached hydrogen (secondary N) is 4. The van der Waals surface area contributed by atoms with Crippen LogP contribution in [0.25, 0.3) is 0 Å². The molecule has 1 atom stereocenters. The fourth-order valence-electron chi connectivity index (χ4n) is 3.02. The number of aromatic amines is 1. The van der Waals surface area contributed by atoms with Gasteiger partial charge in [0.1, 0.15) is 18.7 Å². The van der Waals surface area contributed by atoms with E-state index in [1.807, 2.05) is 0 Å². The summed E-state index contributed by atoms with van der Waals surface area (Å²) in [6, 6.07) is 6.42. The van der Waals surface area contributed by atoms with Crippen LogP contribution in [-0.2, 0) is 17.8 Å². The molecule has 1 unspecified atom stereocenters. The van der Waals surface area contributed by atoms with Crippen LogP contribution in [0.4, 0.5) is 11.4 Å². The van der Waals surface area contributed by atoms with Crippen LogP contribution in [0.5, 0.6) is 0 Å². The number of rotatable bonds is 5. The Labute approximate surface area is 160 Å². The Bertz CT molecular complexity index is 978. The molecule has 28 heavy (non-hydrogen) atoms. The molecule has 1 aromatic carbocycles. The molecule has 0 aliphatic carbocycles. The Morgan fingerprint density at radius 3 is 2.64 bits per heavy atom. The summed E-state index contributed by atoms with van der Waals surface area (Å²) in [5, 5.41) is 19.9. The average molecular weight is 380 g/mol. The fourth-order valence-corrected chi connectivity index (χ4v) is 3.02. The van der Waals surface area contributed by atoms with Crippen molar-refractivity contribution in [3.63, 3.8) is 0 Å². The van der Waals surface area contributed by atoms with Crippen LogP contribution in [-0.4, -0.2) is 43.3 Å². The highest BCUT2D eigenvalue weighted by atomic mass is 16.2. The molecule has 10 heteroatoms. The predicted octanol–water partition coefficient (Wildman–Crippen LogP) is 1.10. The van der Waals surface area contributed by atoms with Crippen LogP contribution in [0.3, 0.4) is 0 Å².